The molecule has 9 heteroatoms. The minimum Gasteiger partial charge on any atom is -0.495 e. The van der Waals surface area contributed by atoms with Crippen LogP contribution in [0, 0.1) is 10.1 Å². The second-order valence-electron chi connectivity index (χ2n) is 6.65. The highest BCUT2D eigenvalue weighted by molar-refractivity contribution is 5.92. The van der Waals surface area contributed by atoms with Gasteiger partial charge in [-0.1, -0.05) is 6.42 Å². The van der Waals surface area contributed by atoms with E-state index in [0.29, 0.717) is 31.2 Å². The standard InChI is InChI=1S/C18H25N3O6/c1-25-16-6-5-13(21(23)24)12-14(16)19-17(22)7-9-20-8-3-2-4-15(20)18-26-10-11-27-18/h5-6,12,15,18H,2-4,7-11H2,1H3,(H,19,22). The quantitative estimate of drug-likeness (QED) is 0.572. The van der Waals surface area contributed by atoms with Crippen molar-refractivity contribution in [1.29, 1.82) is 0 Å². The van der Waals surface area contributed by atoms with E-state index in [9.17, 15) is 14.9 Å². The van der Waals surface area contributed by atoms with Crippen LogP contribution in [-0.2, 0) is 14.3 Å². The first-order valence-electron chi connectivity index (χ1n) is 9.18. The predicted molar refractivity (Wildman–Crippen MR) is 97.8 cm³/mol. The first-order chi connectivity index (χ1) is 13.1. The average Bonchev–Trinajstić information content (AvgIpc) is 3.21. The summed E-state index contributed by atoms with van der Waals surface area (Å²) in [6, 6.07) is 4.29. The monoisotopic (exact) mass is 379 g/mol. The van der Waals surface area contributed by atoms with Crippen molar-refractivity contribution in [2.24, 2.45) is 0 Å². The Labute approximate surface area is 157 Å². The molecule has 1 aromatic carbocycles. The van der Waals surface area contributed by atoms with Crippen molar-refractivity contribution in [2.45, 2.75) is 38.0 Å². The zero-order chi connectivity index (χ0) is 19.2. The van der Waals surface area contributed by atoms with Gasteiger partial charge in [0, 0.05) is 25.1 Å². The number of hydrogen-bond donors (Lipinski definition) is 1. The Morgan fingerprint density at radius 1 is 1.37 bits per heavy atom. The molecule has 2 aliphatic heterocycles. The number of nitrogens with zero attached hydrogens (tertiary/aromatic N) is 2. The minimum atomic E-state index is -0.505. The molecule has 0 spiro atoms. The molecule has 148 valence electrons. The van der Waals surface area contributed by atoms with Crippen LogP contribution in [0.2, 0.25) is 0 Å². The lowest BCUT2D eigenvalue weighted by molar-refractivity contribution is -0.384. The van der Waals surface area contributed by atoms with Gasteiger partial charge in [-0.15, -0.1) is 0 Å². The van der Waals surface area contributed by atoms with Gasteiger partial charge in [-0.2, -0.15) is 0 Å². The zero-order valence-corrected chi connectivity index (χ0v) is 15.4. The number of methoxy groups -OCH3 is 1. The molecule has 2 aliphatic rings. The Hall–Kier alpha value is -2.23. The Bertz CT molecular complexity index is 677. The smallest absolute Gasteiger partial charge is 0.271 e. The number of anilines is 1. The van der Waals surface area contributed by atoms with Crippen molar-refractivity contribution in [1.82, 2.24) is 4.90 Å². The normalized spacial score (nSPS) is 21.1. The molecule has 3 rings (SSSR count). The average molecular weight is 379 g/mol. The summed E-state index contributed by atoms with van der Waals surface area (Å²) in [6.07, 6.45) is 3.26. The number of likely N-dealkylation sites (tertiary alicyclic amines) is 1. The van der Waals surface area contributed by atoms with Crippen LogP contribution in [0.1, 0.15) is 25.7 Å². The zero-order valence-electron chi connectivity index (χ0n) is 15.4. The molecule has 27 heavy (non-hydrogen) atoms. The summed E-state index contributed by atoms with van der Waals surface area (Å²) < 4.78 is 16.5. The minimum absolute atomic E-state index is 0.0993. The third-order valence-corrected chi connectivity index (χ3v) is 4.92. The summed E-state index contributed by atoms with van der Waals surface area (Å²) in [6.45, 7) is 2.71. The highest BCUT2D eigenvalue weighted by Crippen LogP contribution is 2.29. The summed E-state index contributed by atoms with van der Waals surface area (Å²) in [5.41, 5.74) is 0.201. The number of benzene rings is 1. The topological polar surface area (TPSA) is 103 Å². The van der Waals surface area contributed by atoms with Gasteiger partial charge in [-0.25, -0.2) is 0 Å². The molecule has 2 heterocycles. The van der Waals surface area contributed by atoms with Crippen molar-refractivity contribution >= 4 is 17.3 Å². The summed E-state index contributed by atoms with van der Waals surface area (Å²) in [7, 11) is 1.46. The largest absolute Gasteiger partial charge is 0.495 e. The van der Waals surface area contributed by atoms with Crippen molar-refractivity contribution in [2.75, 3.05) is 38.7 Å². The second kappa shape index (κ2) is 9.12. The lowest BCUT2D eigenvalue weighted by Crippen LogP contribution is -2.48. The number of piperidine rings is 1. The molecule has 2 saturated heterocycles. The lowest BCUT2D eigenvalue weighted by Gasteiger charge is -2.37. The van der Waals surface area contributed by atoms with E-state index in [-0.39, 0.29) is 30.3 Å². The molecule has 1 N–H and O–H groups in total. The van der Waals surface area contributed by atoms with Gasteiger partial charge in [0.2, 0.25) is 5.91 Å². The number of carbonyl (C=O) groups excluding carboxylic acids is 1. The van der Waals surface area contributed by atoms with Crippen molar-refractivity contribution < 1.29 is 23.9 Å². The molecule has 0 bridgehead atoms. The van der Waals surface area contributed by atoms with Gasteiger partial charge in [0.1, 0.15) is 5.75 Å². The first kappa shape index (κ1) is 19.5. The van der Waals surface area contributed by atoms with E-state index in [1.165, 1.54) is 25.3 Å². The van der Waals surface area contributed by atoms with Crippen LogP contribution in [0.4, 0.5) is 11.4 Å². The van der Waals surface area contributed by atoms with Crippen LogP contribution in [-0.4, -0.2) is 61.5 Å². The highest BCUT2D eigenvalue weighted by Gasteiger charge is 2.33. The summed E-state index contributed by atoms with van der Waals surface area (Å²) in [5, 5.41) is 13.7. The van der Waals surface area contributed by atoms with Crippen LogP contribution in [0.25, 0.3) is 0 Å². The van der Waals surface area contributed by atoms with Crippen molar-refractivity contribution in [3.05, 3.63) is 28.3 Å². The van der Waals surface area contributed by atoms with Crippen molar-refractivity contribution in [3.63, 3.8) is 0 Å². The number of ether oxygens (including phenoxy) is 3. The summed E-state index contributed by atoms with van der Waals surface area (Å²) >= 11 is 0. The molecule has 0 radical (unpaired) electrons. The van der Waals surface area contributed by atoms with Crippen LogP contribution in [0.3, 0.4) is 0 Å². The SMILES string of the molecule is COc1ccc([N+](=O)[O-])cc1NC(=O)CCN1CCCCC1C1OCCO1. The van der Waals surface area contributed by atoms with Gasteiger partial charge in [-0.05, 0) is 25.5 Å². The Balaban J connectivity index is 1.58. The fourth-order valence-corrected chi connectivity index (χ4v) is 3.57. The van der Waals surface area contributed by atoms with Gasteiger partial charge in [0.05, 0.1) is 37.0 Å². The van der Waals surface area contributed by atoms with E-state index >= 15 is 0 Å². The number of nitrogens with one attached hydrogen (secondary N) is 1. The van der Waals surface area contributed by atoms with E-state index in [1.807, 2.05) is 0 Å². The maximum Gasteiger partial charge on any atom is 0.271 e. The van der Waals surface area contributed by atoms with Gasteiger partial charge in [-0.3, -0.25) is 19.8 Å². The molecule has 0 aromatic heterocycles. The van der Waals surface area contributed by atoms with E-state index in [4.69, 9.17) is 14.2 Å². The third kappa shape index (κ3) is 4.94. The van der Waals surface area contributed by atoms with Crippen LogP contribution in [0.15, 0.2) is 18.2 Å². The van der Waals surface area contributed by atoms with Crippen LogP contribution in [0.5, 0.6) is 5.75 Å². The number of nitro groups is 1. The van der Waals surface area contributed by atoms with Gasteiger partial charge < -0.3 is 19.5 Å². The molecule has 0 aliphatic carbocycles. The maximum absolute atomic E-state index is 12.4. The molecular weight excluding hydrogens is 354 g/mol. The van der Waals surface area contributed by atoms with E-state index < -0.39 is 4.92 Å². The molecule has 1 atom stereocenters. The maximum atomic E-state index is 12.4. The highest BCUT2D eigenvalue weighted by atomic mass is 16.7. The lowest BCUT2D eigenvalue weighted by atomic mass is 10.0. The third-order valence-electron chi connectivity index (χ3n) is 4.92. The van der Waals surface area contributed by atoms with E-state index in [0.717, 1.165) is 25.8 Å². The fraction of sp³-hybridized carbons (Fsp3) is 0.611. The first-order valence-corrected chi connectivity index (χ1v) is 9.18. The Morgan fingerprint density at radius 3 is 2.85 bits per heavy atom. The number of hydrogen-bond acceptors (Lipinski definition) is 7. The molecule has 1 amide bonds. The number of carbonyl (C=O) groups is 1. The molecule has 9 nitrogen and oxygen atoms in total. The number of amides is 1. The molecule has 1 aromatic rings. The van der Waals surface area contributed by atoms with Crippen molar-refractivity contribution in [3.8, 4) is 5.75 Å². The second-order valence-corrected chi connectivity index (χ2v) is 6.65. The van der Waals surface area contributed by atoms with Gasteiger partial charge in [0.15, 0.2) is 6.29 Å². The van der Waals surface area contributed by atoms with Gasteiger partial charge >= 0.3 is 0 Å². The molecular formula is C18H25N3O6. The van der Waals surface area contributed by atoms with Gasteiger partial charge in [0.25, 0.3) is 5.69 Å². The number of nitro benzene ring substituents is 1. The van der Waals surface area contributed by atoms with E-state index in [2.05, 4.69) is 10.2 Å². The molecule has 2 fully saturated rings. The predicted octanol–water partition coefficient (Wildman–Crippen LogP) is 2.16. The summed E-state index contributed by atoms with van der Waals surface area (Å²) in [5.74, 6) is 0.170. The van der Waals surface area contributed by atoms with Crippen LogP contribution < -0.4 is 10.1 Å². The fourth-order valence-electron chi connectivity index (χ4n) is 3.57. The summed E-state index contributed by atoms with van der Waals surface area (Å²) in [4.78, 5) is 25.1. The van der Waals surface area contributed by atoms with E-state index in [1.54, 1.807) is 0 Å². The molecule has 1 unspecified atom stereocenters. The number of non-ortho nitro benzene ring substituents is 1. The number of rotatable bonds is 7. The Kier molecular flexibility index (Phi) is 6.59. The molecule has 0 saturated carbocycles. The Morgan fingerprint density at radius 2 is 2.15 bits per heavy atom. The van der Waals surface area contributed by atoms with Crippen LogP contribution >= 0.6 is 0 Å².